The molecule has 1 fully saturated rings. The fraction of sp³-hybridized carbons (Fsp3) is 0.368. The first kappa shape index (κ1) is 15.5. The number of benzene rings is 2. The van der Waals surface area contributed by atoms with E-state index in [0.717, 1.165) is 34.8 Å². The number of anilines is 1. The molecule has 0 aromatic heterocycles. The van der Waals surface area contributed by atoms with Crippen LogP contribution in [0.2, 0.25) is 0 Å². The molecule has 124 valence electrons. The van der Waals surface area contributed by atoms with Crippen molar-refractivity contribution in [1.29, 1.82) is 0 Å². The monoisotopic (exact) mass is 339 g/mol. The Morgan fingerprint density at radius 2 is 2.00 bits per heavy atom. The number of hydrogen-bond acceptors (Lipinski definition) is 4. The zero-order valence-electron chi connectivity index (χ0n) is 13.7. The molecule has 4 nitrogen and oxygen atoms in total. The quantitative estimate of drug-likeness (QED) is 0.869. The third-order valence-corrected chi connectivity index (χ3v) is 5.69. The normalized spacial score (nSPS) is 18.1. The molecule has 0 bridgehead atoms. The van der Waals surface area contributed by atoms with Gasteiger partial charge in [0.2, 0.25) is 5.91 Å². The van der Waals surface area contributed by atoms with Crippen LogP contribution in [0.25, 0.3) is 10.8 Å². The molecule has 1 aliphatic carbocycles. The molecule has 1 amide bonds. The van der Waals surface area contributed by atoms with Crippen molar-refractivity contribution in [2.75, 3.05) is 5.32 Å². The number of thioether (sulfide) groups is 1. The summed E-state index contributed by atoms with van der Waals surface area (Å²) in [5.74, 6) is 0.105. The maximum Gasteiger partial charge on any atom is 0.233 e. The summed E-state index contributed by atoms with van der Waals surface area (Å²) in [4.78, 5) is 17.1. The maximum atomic E-state index is 12.4. The second-order valence-corrected chi connectivity index (χ2v) is 7.80. The molecule has 1 heterocycles. The third kappa shape index (κ3) is 3.00. The highest BCUT2D eigenvalue weighted by Crippen LogP contribution is 2.37. The highest BCUT2D eigenvalue weighted by Gasteiger charge is 2.23. The number of carbonyl (C=O) groups is 1. The van der Waals surface area contributed by atoms with Gasteiger partial charge in [0.15, 0.2) is 5.17 Å². The first-order chi connectivity index (χ1) is 11.7. The van der Waals surface area contributed by atoms with Crippen LogP contribution in [0.1, 0.15) is 32.6 Å². The second-order valence-electron chi connectivity index (χ2n) is 6.47. The van der Waals surface area contributed by atoms with Gasteiger partial charge in [-0.1, -0.05) is 48.9 Å². The summed E-state index contributed by atoms with van der Waals surface area (Å²) in [6, 6.07) is 12.7. The van der Waals surface area contributed by atoms with Gasteiger partial charge in [-0.2, -0.15) is 0 Å². The Hall–Kier alpha value is -2.01. The second kappa shape index (κ2) is 6.48. The average Bonchev–Trinajstić information content (AvgIpc) is 3.08. The highest BCUT2D eigenvalue weighted by molar-refractivity contribution is 8.15. The topological polar surface area (TPSA) is 53.5 Å². The van der Waals surface area contributed by atoms with Crippen LogP contribution in [0.5, 0.6) is 0 Å². The minimum absolute atomic E-state index is 0.105. The van der Waals surface area contributed by atoms with Gasteiger partial charge < -0.3 is 10.6 Å². The Balaban J connectivity index is 1.50. The molecule has 1 aliphatic heterocycles. The van der Waals surface area contributed by atoms with Crippen molar-refractivity contribution in [3.8, 4) is 0 Å². The van der Waals surface area contributed by atoms with Crippen LogP contribution in [0, 0.1) is 0 Å². The number of nitrogens with zero attached hydrogens (tertiary/aromatic N) is 1. The molecule has 1 atom stereocenters. The van der Waals surface area contributed by atoms with Crippen LogP contribution in [0.4, 0.5) is 11.4 Å². The Morgan fingerprint density at radius 1 is 1.25 bits per heavy atom. The first-order valence-electron chi connectivity index (χ1n) is 8.55. The standard InChI is InChI=1S/C19H21N3OS/c1-12(18(23)20-14-8-2-3-9-14)24-19-21-15-10-4-6-13-7-5-11-16(22-19)17(13)15/h4-7,10-12,14H,2-3,8-9H2,1H3,(H,20,23)(H,21,22)/t12-/m1/s1. The van der Waals surface area contributed by atoms with Crippen molar-refractivity contribution >= 4 is 45.0 Å². The van der Waals surface area contributed by atoms with Gasteiger partial charge in [0.1, 0.15) is 0 Å². The van der Waals surface area contributed by atoms with Crippen molar-refractivity contribution in [3.05, 3.63) is 36.4 Å². The molecule has 2 N–H and O–H groups in total. The predicted octanol–water partition coefficient (Wildman–Crippen LogP) is 4.43. The Kier molecular flexibility index (Phi) is 4.19. The predicted molar refractivity (Wildman–Crippen MR) is 102 cm³/mol. The highest BCUT2D eigenvalue weighted by atomic mass is 32.2. The molecule has 1 saturated carbocycles. The lowest BCUT2D eigenvalue weighted by Crippen LogP contribution is -2.38. The summed E-state index contributed by atoms with van der Waals surface area (Å²) in [7, 11) is 0. The number of rotatable bonds is 3. The summed E-state index contributed by atoms with van der Waals surface area (Å²) >= 11 is 1.49. The lowest BCUT2D eigenvalue weighted by Gasteiger charge is -2.21. The molecule has 2 aliphatic rings. The molecule has 4 rings (SSSR count). The summed E-state index contributed by atoms with van der Waals surface area (Å²) in [6.45, 7) is 1.94. The zero-order valence-corrected chi connectivity index (χ0v) is 14.5. The van der Waals surface area contributed by atoms with E-state index in [2.05, 4.69) is 28.8 Å². The van der Waals surface area contributed by atoms with Crippen molar-refractivity contribution in [3.63, 3.8) is 0 Å². The number of amides is 1. The van der Waals surface area contributed by atoms with Gasteiger partial charge in [-0.15, -0.1) is 0 Å². The molecular weight excluding hydrogens is 318 g/mol. The Labute approximate surface area is 146 Å². The van der Waals surface area contributed by atoms with Crippen LogP contribution in [0.3, 0.4) is 0 Å². The van der Waals surface area contributed by atoms with E-state index in [1.165, 1.54) is 30.0 Å². The van der Waals surface area contributed by atoms with E-state index in [-0.39, 0.29) is 11.2 Å². The van der Waals surface area contributed by atoms with Crippen molar-refractivity contribution in [1.82, 2.24) is 5.32 Å². The van der Waals surface area contributed by atoms with E-state index in [1.807, 2.05) is 25.1 Å². The van der Waals surface area contributed by atoms with Gasteiger partial charge >= 0.3 is 0 Å². The van der Waals surface area contributed by atoms with Crippen molar-refractivity contribution in [2.24, 2.45) is 4.99 Å². The van der Waals surface area contributed by atoms with E-state index in [0.29, 0.717) is 6.04 Å². The maximum absolute atomic E-state index is 12.4. The SMILES string of the molecule is C[C@@H](SC1=Nc2cccc3cccc(c23)N1)C(=O)NC1CCCC1. The zero-order chi connectivity index (χ0) is 16.5. The van der Waals surface area contributed by atoms with Gasteiger partial charge in [0, 0.05) is 11.4 Å². The summed E-state index contributed by atoms with van der Waals surface area (Å²) in [5, 5.41) is 9.48. The van der Waals surface area contributed by atoms with E-state index < -0.39 is 0 Å². The number of amidine groups is 1. The molecule has 5 heteroatoms. The first-order valence-corrected chi connectivity index (χ1v) is 9.43. The summed E-state index contributed by atoms with van der Waals surface area (Å²) < 4.78 is 0. The smallest absolute Gasteiger partial charge is 0.233 e. The third-order valence-electron chi connectivity index (χ3n) is 4.71. The molecule has 24 heavy (non-hydrogen) atoms. The molecule has 0 unspecified atom stereocenters. The minimum Gasteiger partial charge on any atom is -0.352 e. The molecule has 2 aromatic carbocycles. The van der Waals surface area contributed by atoms with Crippen LogP contribution in [0.15, 0.2) is 41.4 Å². The van der Waals surface area contributed by atoms with Crippen LogP contribution in [-0.2, 0) is 4.79 Å². The largest absolute Gasteiger partial charge is 0.352 e. The van der Waals surface area contributed by atoms with E-state index in [4.69, 9.17) is 4.99 Å². The lowest BCUT2D eigenvalue weighted by molar-refractivity contribution is -0.120. The fourth-order valence-electron chi connectivity index (χ4n) is 3.44. The number of carbonyl (C=O) groups excluding carboxylic acids is 1. The number of nitrogens with one attached hydrogen (secondary N) is 2. The van der Waals surface area contributed by atoms with E-state index in [1.54, 1.807) is 0 Å². The lowest BCUT2D eigenvalue weighted by atomic mass is 10.1. The molecule has 0 radical (unpaired) electrons. The molecule has 0 spiro atoms. The minimum atomic E-state index is -0.165. The van der Waals surface area contributed by atoms with Crippen LogP contribution >= 0.6 is 11.8 Å². The fourth-order valence-corrected chi connectivity index (χ4v) is 4.27. The van der Waals surface area contributed by atoms with Gasteiger partial charge in [0.05, 0.1) is 16.6 Å². The van der Waals surface area contributed by atoms with E-state index >= 15 is 0 Å². The van der Waals surface area contributed by atoms with Crippen molar-refractivity contribution < 1.29 is 4.79 Å². The number of aliphatic imine (C=N–C) groups is 1. The average molecular weight is 339 g/mol. The Bertz CT molecular complexity index is 806. The summed E-state index contributed by atoms with van der Waals surface area (Å²) in [6.07, 6.45) is 4.67. The van der Waals surface area contributed by atoms with E-state index in [9.17, 15) is 4.79 Å². The molecule has 2 aromatic rings. The van der Waals surface area contributed by atoms with Crippen molar-refractivity contribution in [2.45, 2.75) is 43.9 Å². The van der Waals surface area contributed by atoms with Crippen LogP contribution in [-0.4, -0.2) is 22.4 Å². The number of hydrogen-bond donors (Lipinski definition) is 2. The molecule has 0 saturated heterocycles. The van der Waals surface area contributed by atoms with Gasteiger partial charge in [-0.25, -0.2) is 4.99 Å². The molecular formula is C19H21N3OS. The summed E-state index contributed by atoms with van der Waals surface area (Å²) in [5.41, 5.74) is 2.02. The Morgan fingerprint density at radius 3 is 2.79 bits per heavy atom. The van der Waals surface area contributed by atoms with Crippen LogP contribution < -0.4 is 10.6 Å². The van der Waals surface area contributed by atoms with Gasteiger partial charge in [-0.05, 0) is 37.3 Å². The van der Waals surface area contributed by atoms with Gasteiger partial charge in [0.25, 0.3) is 0 Å². The van der Waals surface area contributed by atoms with Gasteiger partial charge in [-0.3, -0.25) is 4.79 Å².